The number of hydrogen-bond donors (Lipinski definition) is 1. The van der Waals surface area contributed by atoms with Gasteiger partial charge in [-0.05, 0) is 26.0 Å². The van der Waals surface area contributed by atoms with E-state index in [2.05, 4.69) is 15.2 Å². The fourth-order valence-electron chi connectivity index (χ4n) is 2.68. The number of piperazine rings is 1. The Hall–Kier alpha value is -1.83. The van der Waals surface area contributed by atoms with Crippen molar-refractivity contribution in [2.45, 2.75) is 25.6 Å². The van der Waals surface area contributed by atoms with E-state index >= 15 is 0 Å². The molecule has 1 saturated heterocycles. The fraction of sp³-hybridized carbons (Fsp3) is 0.600. The van der Waals surface area contributed by atoms with Gasteiger partial charge >= 0.3 is 6.18 Å². The highest BCUT2D eigenvalue weighted by Crippen LogP contribution is 2.29. The third kappa shape index (κ3) is 3.74. The summed E-state index contributed by atoms with van der Waals surface area (Å²) in [5.74, 6) is 0.467. The molecule has 0 aromatic carbocycles. The molecule has 0 spiro atoms. The van der Waals surface area contributed by atoms with Gasteiger partial charge < -0.3 is 10.2 Å². The van der Waals surface area contributed by atoms with E-state index < -0.39 is 17.3 Å². The van der Waals surface area contributed by atoms with Gasteiger partial charge in [0.15, 0.2) is 0 Å². The predicted octanol–water partition coefficient (Wildman–Crippen LogP) is 1.75. The first-order valence-corrected chi connectivity index (χ1v) is 7.41. The minimum Gasteiger partial charge on any atom is -0.358 e. The number of pyridine rings is 1. The van der Waals surface area contributed by atoms with Crippen LogP contribution in [0, 0.1) is 0 Å². The number of nitrogens with zero attached hydrogens (tertiary/aromatic N) is 3. The molecule has 8 heteroatoms. The molecule has 128 valence electrons. The van der Waals surface area contributed by atoms with Crippen LogP contribution < -0.4 is 10.2 Å². The maximum Gasteiger partial charge on any atom is 0.417 e. The molecular weight excluding hydrogens is 309 g/mol. The number of anilines is 1. The molecule has 0 radical (unpaired) electrons. The zero-order chi connectivity index (χ0) is 17.3. The summed E-state index contributed by atoms with van der Waals surface area (Å²) in [4.78, 5) is 19.8. The van der Waals surface area contributed by atoms with Crippen LogP contribution in [0.3, 0.4) is 0 Å². The minimum atomic E-state index is -4.37. The summed E-state index contributed by atoms with van der Waals surface area (Å²) in [5, 5.41) is 2.65. The summed E-state index contributed by atoms with van der Waals surface area (Å²) >= 11 is 0. The van der Waals surface area contributed by atoms with Gasteiger partial charge in [0, 0.05) is 39.4 Å². The lowest BCUT2D eigenvalue weighted by Gasteiger charge is -2.43. The fourth-order valence-corrected chi connectivity index (χ4v) is 2.68. The Morgan fingerprint density at radius 1 is 1.17 bits per heavy atom. The Bertz CT molecular complexity index is 549. The first-order valence-electron chi connectivity index (χ1n) is 7.41. The maximum atomic E-state index is 12.6. The van der Waals surface area contributed by atoms with E-state index in [4.69, 9.17) is 0 Å². The Morgan fingerprint density at radius 2 is 1.78 bits per heavy atom. The van der Waals surface area contributed by atoms with Crippen LogP contribution in [0.1, 0.15) is 19.4 Å². The van der Waals surface area contributed by atoms with Crippen LogP contribution >= 0.6 is 0 Å². The number of hydrogen-bond acceptors (Lipinski definition) is 4. The van der Waals surface area contributed by atoms with E-state index in [0.29, 0.717) is 32.0 Å². The van der Waals surface area contributed by atoms with Crippen LogP contribution in [-0.2, 0) is 11.0 Å². The lowest BCUT2D eigenvalue weighted by atomic mass is 10.0. The van der Waals surface area contributed by atoms with Crippen molar-refractivity contribution in [3.8, 4) is 0 Å². The van der Waals surface area contributed by atoms with Crippen molar-refractivity contribution in [2.75, 3.05) is 38.1 Å². The number of halogens is 3. The van der Waals surface area contributed by atoms with Crippen molar-refractivity contribution < 1.29 is 18.0 Å². The molecule has 1 aromatic rings. The number of nitrogens with one attached hydrogen (secondary N) is 1. The van der Waals surface area contributed by atoms with Crippen molar-refractivity contribution in [3.05, 3.63) is 23.9 Å². The summed E-state index contributed by atoms with van der Waals surface area (Å²) in [6.07, 6.45) is -3.52. The third-order valence-corrected chi connectivity index (χ3v) is 4.25. The van der Waals surface area contributed by atoms with E-state index in [0.717, 1.165) is 12.3 Å². The summed E-state index contributed by atoms with van der Waals surface area (Å²) in [6, 6.07) is 2.44. The van der Waals surface area contributed by atoms with Gasteiger partial charge in [0.1, 0.15) is 5.82 Å². The minimum absolute atomic E-state index is 0.0568. The number of rotatable bonds is 3. The van der Waals surface area contributed by atoms with Crippen molar-refractivity contribution in [1.82, 2.24) is 15.2 Å². The molecule has 0 bridgehead atoms. The van der Waals surface area contributed by atoms with Crippen molar-refractivity contribution in [3.63, 3.8) is 0 Å². The molecule has 5 nitrogen and oxygen atoms in total. The lowest BCUT2D eigenvalue weighted by molar-refractivity contribution is -0.137. The average molecular weight is 330 g/mol. The topological polar surface area (TPSA) is 48.5 Å². The summed E-state index contributed by atoms with van der Waals surface area (Å²) in [6.45, 7) is 6.22. The van der Waals surface area contributed by atoms with Crippen LogP contribution in [-0.4, -0.2) is 54.6 Å². The number of carbonyl (C=O) groups excluding carboxylic acids is 1. The maximum absolute atomic E-state index is 12.6. The van der Waals surface area contributed by atoms with Gasteiger partial charge in [0.05, 0.1) is 11.1 Å². The van der Waals surface area contributed by atoms with E-state index in [1.165, 1.54) is 6.07 Å². The first-order chi connectivity index (χ1) is 10.7. The third-order valence-electron chi connectivity index (χ3n) is 4.25. The highest BCUT2D eigenvalue weighted by Gasteiger charge is 2.36. The Balaban J connectivity index is 2.01. The molecule has 0 saturated carbocycles. The molecule has 0 atom stereocenters. The average Bonchev–Trinajstić information content (AvgIpc) is 2.53. The molecule has 1 aliphatic heterocycles. The molecule has 1 aromatic heterocycles. The van der Waals surface area contributed by atoms with Crippen LogP contribution in [0.5, 0.6) is 0 Å². The molecule has 1 aliphatic rings. The highest BCUT2D eigenvalue weighted by molar-refractivity contribution is 5.85. The monoisotopic (exact) mass is 330 g/mol. The lowest BCUT2D eigenvalue weighted by Crippen LogP contribution is -2.60. The van der Waals surface area contributed by atoms with Crippen LogP contribution in [0.25, 0.3) is 0 Å². The molecular formula is C15H21F3N4O. The second kappa shape index (κ2) is 6.35. The predicted molar refractivity (Wildman–Crippen MR) is 81.2 cm³/mol. The second-order valence-corrected chi connectivity index (χ2v) is 6.02. The summed E-state index contributed by atoms with van der Waals surface area (Å²) in [5.41, 5.74) is -1.37. The van der Waals surface area contributed by atoms with Crippen LogP contribution in [0.2, 0.25) is 0 Å². The van der Waals surface area contributed by atoms with Crippen LogP contribution in [0.4, 0.5) is 19.0 Å². The molecule has 0 unspecified atom stereocenters. The number of amides is 1. The number of aromatic nitrogens is 1. The SMILES string of the molecule is CNC(=O)C(C)(C)N1CCN(c2ccc(C(F)(F)F)cn2)CC1. The zero-order valence-electron chi connectivity index (χ0n) is 13.4. The van der Waals surface area contributed by atoms with Crippen molar-refractivity contribution in [2.24, 2.45) is 0 Å². The van der Waals surface area contributed by atoms with E-state index in [1.807, 2.05) is 18.7 Å². The Morgan fingerprint density at radius 3 is 2.22 bits per heavy atom. The Labute approximate surface area is 133 Å². The molecule has 2 heterocycles. The van der Waals surface area contributed by atoms with Gasteiger partial charge in [0.25, 0.3) is 0 Å². The van der Waals surface area contributed by atoms with Gasteiger partial charge in [-0.2, -0.15) is 13.2 Å². The number of likely N-dealkylation sites (N-methyl/N-ethyl adjacent to an activating group) is 1. The van der Waals surface area contributed by atoms with Crippen molar-refractivity contribution in [1.29, 1.82) is 0 Å². The zero-order valence-corrected chi connectivity index (χ0v) is 13.4. The summed E-state index contributed by atoms with van der Waals surface area (Å²) < 4.78 is 37.7. The Kier molecular flexibility index (Phi) is 4.84. The second-order valence-electron chi connectivity index (χ2n) is 6.02. The van der Waals surface area contributed by atoms with E-state index in [1.54, 1.807) is 7.05 Å². The van der Waals surface area contributed by atoms with Gasteiger partial charge in [0.2, 0.25) is 5.91 Å². The van der Waals surface area contributed by atoms with Gasteiger partial charge in [-0.25, -0.2) is 4.98 Å². The molecule has 23 heavy (non-hydrogen) atoms. The normalized spacial score (nSPS) is 17.2. The van der Waals surface area contributed by atoms with Gasteiger partial charge in [-0.3, -0.25) is 9.69 Å². The largest absolute Gasteiger partial charge is 0.417 e. The number of carbonyl (C=O) groups is 1. The standard InChI is InChI=1S/C15H21F3N4O/c1-14(2,13(23)19-3)22-8-6-21(7-9-22)12-5-4-11(10-20-12)15(16,17)18/h4-5,10H,6-9H2,1-3H3,(H,19,23). The molecule has 1 N–H and O–H groups in total. The molecule has 1 fully saturated rings. The van der Waals surface area contributed by atoms with Crippen molar-refractivity contribution >= 4 is 11.7 Å². The quantitative estimate of drug-likeness (QED) is 0.917. The van der Waals surface area contributed by atoms with E-state index in [9.17, 15) is 18.0 Å². The van der Waals surface area contributed by atoms with E-state index in [-0.39, 0.29) is 5.91 Å². The van der Waals surface area contributed by atoms with Gasteiger partial charge in [-0.1, -0.05) is 0 Å². The number of alkyl halides is 3. The van der Waals surface area contributed by atoms with Gasteiger partial charge in [-0.15, -0.1) is 0 Å². The molecule has 2 rings (SSSR count). The van der Waals surface area contributed by atoms with Crippen LogP contribution in [0.15, 0.2) is 18.3 Å². The smallest absolute Gasteiger partial charge is 0.358 e. The molecule has 1 amide bonds. The molecule has 0 aliphatic carbocycles. The first kappa shape index (κ1) is 17.5. The highest BCUT2D eigenvalue weighted by atomic mass is 19.4. The summed E-state index contributed by atoms with van der Waals surface area (Å²) in [7, 11) is 1.60.